The number of methoxy groups -OCH3 is 1. The lowest BCUT2D eigenvalue weighted by Gasteiger charge is -2.22. The van der Waals surface area contributed by atoms with E-state index in [9.17, 15) is 9.59 Å². The largest absolute Gasteiger partial charge is 0.469 e. The fourth-order valence-corrected chi connectivity index (χ4v) is 4.08. The minimum atomic E-state index is -0.642. The lowest BCUT2D eigenvalue weighted by atomic mass is 9.77. The number of rotatable bonds is 4. The summed E-state index contributed by atoms with van der Waals surface area (Å²) >= 11 is 0. The Morgan fingerprint density at radius 2 is 2.17 bits per heavy atom. The van der Waals surface area contributed by atoms with Crippen LogP contribution in [0.15, 0.2) is 42.5 Å². The second-order valence-corrected chi connectivity index (χ2v) is 6.42. The van der Waals surface area contributed by atoms with Crippen LogP contribution in [0.1, 0.15) is 5.56 Å². The average molecular weight is 313 g/mol. The second-order valence-electron chi connectivity index (χ2n) is 6.42. The van der Waals surface area contributed by atoms with Crippen LogP contribution in [0.3, 0.4) is 0 Å². The SMILES string of the molecule is COC(=O)[C@H]1[C@H]2C(=O)N(CCc3ccccc3)C[C@@]23C=C[C@H]1O3. The van der Waals surface area contributed by atoms with Crippen LogP contribution in [-0.4, -0.2) is 48.7 Å². The Labute approximate surface area is 134 Å². The number of carbonyl (C=O) groups excluding carboxylic acids is 2. The molecule has 2 saturated heterocycles. The molecule has 120 valence electrons. The van der Waals surface area contributed by atoms with Crippen molar-refractivity contribution in [1.82, 2.24) is 4.90 Å². The van der Waals surface area contributed by atoms with E-state index in [0.29, 0.717) is 13.1 Å². The molecule has 1 amide bonds. The van der Waals surface area contributed by atoms with Gasteiger partial charge in [0.1, 0.15) is 11.5 Å². The first-order valence-electron chi connectivity index (χ1n) is 7.92. The van der Waals surface area contributed by atoms with Gasteiger partial charge in [0.15, 0.2) is 0 Å². The molecule has 0 aliphatic carbocycles. The molecule has 0 radical (unpaired) electrons. The first kappa shape index (κ1) is 14.5. The highest BCUT2D eigenvalue weighted by atomic mass is 16.5. The number of likely N-dealkylation sites (tertiary alicyclic amines) is 1. The van der Waals surface area contributed by atoms with Crippen molar-refractivity contribution in [2.45, 2.75) is 18.1 Å². The molecule has 3 heterocycles. The molecular formula is C18H19NO4. The fourth-order valence-electron chi connectivity index (χ4n) is 4.08. The maximum Gasteiger partial charge on any atom is 0.312 e. The van der Waals surface area contributed by atoms with Crippen LogP contribution in [-0.2, 0) is 25.5 Å². The number of benzene rings is 1. The first-order chi connectivity index (χ1) is 11.1. The normalized spacial score (nSPS) is 34.0. The van der Waals surface area contributed by atoms with Gasteiger partial charge in [-0.15, -0.1) is 0 Å². The molecule has 5 heteroatoms. The Hall–Kier alpha value is -2.14. The lowest BCUT2D eigenvalue weighted by molar-refractivity contribution is -0.151. The number of hydrogen-bond donors (Lipinski definition) is 0. The maximum atomic E-state index is 12.8. The van der Waals surface area contributed by atoms with E-state index in [1.807, 2.05) is 35.3 Å². The van der Waals surface area contributed by atoms with Crippen molar-refractivity contribution in [3.8, 4) is 0 Å². The van der Waals surface area contributed by atoms with Crippen LogP contribution in [0.25, 0.3) is 0 Å². The molecule has 1 aromatic carbocycles. The summed E-state index contributed by atoms with van der Waals surface area (Å²) < 4.78 is 10.9. The predicted molar refractivity (Wildman–Crippen MR) is 82.5 cm³/mol. The summed E-state index contributed by atoms with van der Waals surface area (Å²) in [5.74, 6) is -1.31. The summed E-state index contributed by atoms with van der Waals surface area (Å²) in [7, 11) is 1.36. The van der Waals surface area contributed by atoms with Crippen molar-refractivity contribution < 1.29 is 19.1 Å². The first-order valence-corrected chi connectivity index (χ1v) is 7.92. The van der Waals surface area contributed by atoms with Crippen LogP contribution in [0.4, 0.5) is 0 Å². The van der Waals surface area contributed by atoms with Gasteiger partial charge in [0.05, 0.1) is 25.7 Å². The van der Waals surface area contributed by atoms with Gasteiger partial charge < -0.3 is 14.4 Å². The van der Waals surface area contributed by atoms with Crippen molar-refractivity contribution >= 4 is 11.9 Å². The summed E-state index contributed by atoms with van der Waals surface area (Å²) in [4.78, 5) is 26.7. The molecule has 0 unspecified atom stereocenters. The molecule has 3 aliphatic heterocycles. The molecule has 0 saturated carbocycles. The molecule has 5 nitrogen and oxygen atoms in total. The van der Waals surface area contributed by atoms with Crippen LogP contribution in [0.5, 0.6) is 0 Å². The highest BCUT2D eigenvalue weighted by Crippen LogP contribution is 2.52. The van der Waals surface area contributed by atoms with E-state index >= 15 is 0 Å². The summed E-state index contributed by atoms with van der Waals surface area (Å²) in [5.41, 5.74) is 0.553. The Morgan fingerprint density at radius 1 is 1.39 bits per heavy atom. The summed E-state index contributed by atoms with van der Waals surface area (Å²) in [6.45, 7) is 1.15. The van der Waals surface area contributed by atoms with Gasteiger partial charge in [0.2, 0.25) is 5.91 Å². The molecule has 2 fully saturated rings. The van der Waals surface area contributed by atoms with Crippen molar-refractivity contribution in [3.63, 3.8) is 0 Å². The van der Waals surface area contributed by atoms with Gasteiger partial charge in [-0.3, -0.25) is 9.59 Å². The molecule has 1 spiro atoms. The van der Waals surface area contributed by atoms with Crippen LogP contribution in [0.2, 0.25) is 0 Å². The van der Waals surface area contributed by atoms with E-state index in [1.165, 1.54) is 12.7 Å². The third-order valence-corrected chi connectivity index (χ3v) is 5.17. The average Bonchev–Trinajstić information content (AvgIpc) is 3.21. The standard InChI is InChI=1S/C18H19NO4/c1-22-17(21)14-13-7-9-18(23-13)11-19(16(20)15(14)18)10-8-12-5-3-2-4-6-12/h2-7,9,13-15H,8,10-11H2,1H3/t13-,14-,15+,18+/m1/s1. The molecule has 3 aliphatic rings. The Kier molecular flexibility index (Phi) is 3.27. The molecule has 2 bridgehead atoms. The zero-order chi connectivity index (χ0) is 16.0. The number of esters is 1. The van der Waals surface area contributed by atoms with Gasteiger partial charge in [-0.25, -0.2) is 0 Å². The molecule has 0 aromatic heterocycles. The summed E-state index contributed by atoms with van der Waals surface area (Å²) in [6, 6.07) is 10.1. The monoisotopic (exact) mass is 313 g/mol. The Bertz CT molecular complexity index is 671. The quantitative estimate of drug-likeness (QED) is 0.619. The van der Waals surface area contributed by atoms with Crippen molar-refractivity contribution in [1.29, 1.82) is 0 Å². The van der Waals surface area contributed by atoms with Crippen LogP contribution in [0, 0.1) is 11.8 Å². The Morgan fingerprint density at radius 3 is 2.91 bits per heavy atom. The summed E-state index contributed by atoms with van der Waals surface area (Å²) in [6.07, 6.45) is 4.33. The van der Waals surface area contributed by atoms with Crippen molar-refractivity contribution in [2.75, 3.05) is 20.2 Å². The second kappa shape index (κ2) is 5.20. The van der Waals surface area contributed by atoms with Crippen LogP contribution >= 0.6 is 0 Å². The predicted octanol–water partition coefficient (Wildman–Crippen LogP) is 1.18. The van der Waals surface area contributed by atoms with Crippen molar-refractivity contribution in [2.24, 2.45) is 11.8 Å². The molecule has 23 heavy (non-hydrogen) atoms. The zero-order valence-corrected chi connectivity index (χ0v) is 13.0. The molecule has 4 atom stereocenters. The van der Waals surface area contributed by atoms with Gasteiger partial charge in [0.25, 0.3) is 0 Å². The number of ether oxygens (including phenoxy) is 2. The van der Waals surface area contributed by atoms with Gasteiger partial charge >= 0.3 is 5.97 Å². The molecule has 0 N–H and O–H groups in total. The number of hydrogen-bond acceptors (Lipinski definition) is 4. The van der Waals surface area contributed by atoms with E-state index in [4.69, 9.17) is 9.47 Å². The van der Waals surface area contributed by atoms with Crippen molar-refractivity contribution in [3.05, 3.63) is 48.0 Å². The van der Waals surface area contributed by atoms with E-state index < -0.39 is 17.4 Å². The van der Waals surface area contributed by atoms with Crippen LogP contribution < -0.4 is 0 Å². The Balaban J connectivity index is 1.52. The van der Waals surface area contributed by atoms with Gasteiger partial charge in [-0.1, -0.05) is 42.5 Å². The van der Waals surface area contributed by atoms with E-state index in [-0.39, 0.29) is 18.0 Å². The molecular weight excluding hydrogens is 294 g/mol. The topological polar surface area (TPSA) is 55.8 Å². The number of carbonyl (C=O) groups is 2. The third kappa shape index (κ3) is 2.10. The minimum Gasteiger partial charge on any atom is -0.469 e. The molecule has 4 rings (SSSR count). The van der Waals surface area contributed by atoms with E-state index in [0.717, 1.165) is 6.42 Å². The highest BCUT2D eigenvalue weighted by Gasteiger charge is 2.67. The van der Waals surface area contributed by atoms with Gasteiger partial charge in [0, 0.05) is 6.54 Å². The fraction of sp³-hybridized carbons (Fsp3) is 0.444. The molecule has 1 aromatic rings. The minimum absolute atomic E-state index is 0.00295. The maximum absolute atomic E-state index is 12.8. The zero-order valence-electron chi connectivity index (χ0n) is 13.0. The summed E-state index contributed by atoms with van der Waals surface area (Å²) in [5, 5.41) is 0. The smallest absolute Gasteiger partial charge is 0.312 e. The number of amides is 1. The third-order valence-electron chi connectivity index (χ3n) is 5.17. The highest BCUT2D eigenvalue weighted by molar-refractivity contribution is 5.91. The number of fused-ring (bicyclic) bond motifs is 1. The lowest BCUT2D eigenvalue weighted by Crippen LogP contribution is -2.39. The number of nitrogens with zero attached hydrogens (tertiary/aromatic N) is 1. The van der Waals surface area contributed by atoms with E-state index in [2.05, 4.69) is 12.1 Å². The van der Waals surface area contributed by atoms with Gasteiger partial charge in [-0.2, -0.15) is 0 Å². The van der Waals surface area contributed by atoms with Gasteiger partial charge in [-0.05, 0) is 12.0 Å². The van der Waals surface area contributed by atoms with E-state index in [1.54, 1.807) is 0 Å².